The Morgan fingerprint density at radius 2 is 2.05 bits per heavy atom. The SMILES string of the molecule is COc1ccc(/C(C)=C/CCN2CCCNCC2)cc1. The van der Waals surface area contributed by atoms with Crippen molar-refractivity contribution < 1.29 is 4.74 Å². The molecule has 3 nitrogen and oxygen atoms in total. The summed E-state index contributed by atoms with van der Waals surface area (Å²) in [5, 5.41) is 3.44. The number of nitrogens with zero attached hydrogens (tertiary/aromatic N) is 1. The first kappa shape index (κ1) is 15.1. The molecule has 0 bridgehead atoms. The highest BCUT2D eigenvalue weighted by Gasteiger charge is 2.06. The summed E-state index contributed by atoms with van der Waals surface area (Å²) in [5.74, 6) is 0.915. The first-order valence-electron chi connectivity index (χ1n) is 7.54. The van der Waals surface area contributed by atoms with Crippen LogP contribution in [0.2, 0.25) is 0 Å². The molecule has 1 aromatic rings. The number of methoxy groups -OCH3 is 1. The molecular formula is C17H26N2O. The van der Waals surface area contributed by atoms with Crippen LogP contribution in [0.3, 0.4) is 0 Å². The van der Waals surface area contributed by atoms with E-state index >= 15 is 0 Å². The zero-order chi connectivity index (χ0) is 14.2. The van der Waals surface area contributed by atoms with Crippen molar-refractivity contribution in [2.45, 2.75) is 19.8 Å². The lowest BCUT2D eigenvalue weighted by Gasteiger charge is -2.18. The highest BCUT2D eigenvalue weighted by Crippen LogP contribution is 2.18. The Morgan fingerprint density at radius 1 is 1.25 bits per heavy atom. The Bertz CT molecular complexity index is 417. The number of benzene rings is 1. The van der Waals surface area contributed by atoms with Crippen molar-refractivity contribution in [3.63, 3.8) is 0 Å². The van der Waals surface area contributed by atoms with Gasteiger partial charge in [-0.25, -0.2) is 0 Å². The maximum atomic E-state index is 5.19. The van der Waals surface area contributed by atoms with Crippen molar-refractivity contribution in [2.24, 2.45) is 0 Å². The van der Waals surface area contributed by atoms with Crippen LogP contribution in [0.5, 0.6) is 5.75 Å². The number of allylic oxidation sites excluding steroid dienone is 1. The molecule has 1 saturated heterocycles. The van der Waals surface area contributed by atoms with Crippen molar-refractivity contribution in [3.05, 3.63) is 35.9 Å². The van der Waals surface area contributed by atoms with Gasteiger partial charge in [0.25, 0.3) is 0 Å². The van der Waals surface area contributed by atoms with Crippen LogP contribution >= 0.6 is 0 Å². The van der Waals surface area contributed by atoms with Crippen LogP contribution in [-0.4, -0.2) is 44.7 Å². The second-order valence-electron chi connectivity index (χ2n) is 5.35. The van der Waals surface area contributed by atoms with Crippen LogP contribution in [0.15, 0.2) is 30.3 Å². The first-order chi connectivity index (χ1) is 9.79. The molecule has 1 fully saturated rings. The number of hydrogen-bond acceptors (Lipinski definition) is 3. The summed E-state index contributed by atoms with van der Waals surface area (Å²) < 4.78 is 5.19. The summed E-state index contributed by atoms with van der Waals surface area (Å²) in [6.07, 6.45) is 4.74. The fourth-order valence-corrected chi connectivity index (χ4v) is 2.56. The summed E-state index contributed by atoms with van der Waals surface area (Å²) in [5.41, 5.74) is 2.63. The van der Waals surface area contributed by atoms with Crippen LogP contribution in [0.25, 0.3) is 5.57 Å². The van der Waals surface area contributed by atoms with Gasteiger partial charge >= 0.3 is 0 Å². The first-order valence-corrected chi connectivity index (χ1v) is 7.54. The molecule has 110 valence electrons. The van der Waals surface area contributed by atoms with E-state index in [1.807, 2.05) is 12.1 Å². The minimum absolute atomic E-state index is 0.915. The van der Waals surface area contributed by atoms with E-state index in [0.717, 1.165) is 31.8 Å². The number of nitrogens with one attached hydrogen (secondary N) is 1. The average molecular weight is 274 g/mol. The molecule has 0 unspecified atom stereocenters. The van der Waals surface area contributed by atoms with Crippen LogP contribution in [0.1, 0.15) is 25.3 Å². The van der Waals surface area contributed by atoms with E-state index in [1.165, 1.54) is 30.6 Å². The quantitative estimate of drug-likeness (QED) is 0.893. The number of ether oxygens (including phenoxy) is 1. The van der Waals surface area contributed by atoms with Crippen molar-refractivity contribution in [2.75, 3.05) is 39.8 Å². The van der Waals surface area contributed by atoms with Crippen molar-refractivity contribution in [1.29, 1.82) is 0 Å². The Kier molecular flexibility index (Phi) is 6.09. The maximum absolute atomic E-state index is 5.19. The van der Waals surface area contributed by atoms with Gasteiger partial charge in [0, 0.05) is 19.6 Å². The smallest absolute Gasteiger partial charge is 0.118 e. The van der Waals surface area contributed by atoms with Crippen LogP contribution in [0, 0.1) is 0 Å². The monoisotopic (exact) mass is 274 g/mol. The van der Waals surface area contributed by atoms with E-state index in [-0.39, 0.29) is 0 Å². The van der Waals surface area contributed by atoms with Gasteiger partial charge in [-0.05, 0) is 56.1 Å². The third kappa shape index (κ3) is 4.66. The molecule has 1 aliphatic heterocycles. The Balaban J connectivity index is 1.83. The molecule has 1 aromatic carbocycles. The highest BCUT2D eigenvalue weighted by molar-refractivity contribution is 5.64. The largest absolute Gasteiger partial charge is 0.497 e. The van der Waals surface area contributed by atoms with E-state index in [2.05, 4.69) is 35.3 Å². The molecule has 0 spiro atoms. The second kappa shape index (κ2) is 8.08. The second-order valence-corrected chi connectivity index (χ2v) is 5.35. The van der Waals surface area contributed by atoms with Gasteiger partial charge in [-0.1, -0.05) is 18.2 Å². The van der Waals surface area contributed by atoms with Gasteiger partial charge < -0.3 is 15.0 Å². The lowest BCUT2D eigenvalue weighted by atomic mass is 10.1. The maximum Gasteiger partial charge on any atom is 0.118 e. The molecule has 1 aliphatic rings. The summed E-state index contributed by atoms with van der Waals surface area (Å²) in [7, 11) is 1.70. The zero-order valence-corrected chi connectivity index (χ0v) is 12.7. The van der Waals surface area contributed by atoms with Crippen LogP contribution < -0.4 is 10.1 Å². The van der Waals surface area contributed by atoms with E-state index in [9.17, 15) is 0 Å². The van der Waals surface area contributed by atoms with Gasteiger partial charge in [0.05, 0.1) is 7.11 Å². The normalized spacial score (nSPS) is 17.8. The zero-order valence-electron chi connectivity index (χ0n) is 12.7. The fraction of sp³-hybridized carbons (Fsp3) is 0.529. The summed E-state index contributed by atoms with van der Waals surface area (Å²) in [4.78, 5) is 2.55. The molecule has 3 heteroatoms. The molecule has 20 heavy (non-hydrogen) atoms. The van der Waals surface area contributed by atoms with E-state index < -0.39 is 0 Å². The molecule has 1 N–H and O–H groups in total. The lowest BCUT2D eigenvalue weighted by Crippen LogP contribution is -2.28. The highest BCUT2D eigenvalue weighted by atomic mass is 16.5. The number of rotatable bonds is 5. The van der Waals surface area contributed by atoms with Gasteiger partial charge in [0.1, 0.15) is 5.75 Å². The predicted octanol–water partition coefficient (Wildman–Crippen LogP) is 2.78. The van der Waals surface area contributed by atoms with Gasteiger partial charge in [-0.3, -0.25) is 0 Å². The van der Waals surface area contributed by atoms with Gasteiger partial charge in [0.15, 0.2) is 0 Å². The third-order valence-corrected chi connectivity index (χ3v) is 3.87. The minimum atomic E-state index is 0.915. The van der Waals surface area contributed by atoms with E-state index in [4.69, 9.17) is 4.74 Å². The average Bonchev–Trinajstić information content (AvgIpc) is 2.76. The van der Waals surface area contributed by atoms with Gasteiger partial charge in [-0.15, -0.1) is 0 Å². The molecule has 0 aromatic heterocycles. The lowest BCUT2D eigenvalue weighted by molar-refractivity contribution is 0.298. The van der Waals surface area contributed by atoms with Crippen molar-refractivity contribution in [3.8, 4) is 5.75 Å². The molecule has 0 amide bonds. The molecule has 2 rings (SSSR count). The molecular weight excluding hydrogens is 248 g/mol. The molecule has 1 heterocycles. The Morgan fingerprint density at radius 3 is 2.80 bits per heavy atom. The topological polar surface area (TPSA) is 24.5 Å². The molecule has 0 saturated carbocycles. The predicted molar refractivity (Wildman–Crippen MR) is 85.2 cm³/mol. The van der Waals surface area contributed by atoms with Crippen LogP contribution in [0.4, 0.5) is 0 Å². The summed E-state index contributed by atoms with van der Waals surface area (Å²) in [6, 6.07) is 8.29. The van der Waals surface area contributed by atoms with Gasteiger partial charge in [0.2, 0.25) is 0 Å². The Hall–Kier alpha value is -1.32. The van der Waals surface area contributed by atoms with E-state index in [0.29, 0.717) is 0 Å². The standard InChI is InChI=1S/C17H26N2O/c1-15(16-6-8-17(20-2)9-7-16)5-3-12-19-13-4-10-18-11-14-19/h5-9,18H,3-4,10-14H2,1-2H3/b15-5+. The minimum Gasteiger partial charge on any atom is -0.497 e. The summed E-state index contributed by atoms with van der Waals surface area (Å²) in [6.45, 7) is 8.04. The summed E-state index contributed by atoms with van der Waals surface area (Å²) >= 11 is 0. The molecule has 0 atom stereocenters. The van der Waals surface area contributed by atoms with Gasteiger partial charge in [-0.2, -0.15) is 0 Å². The molecule has 0 radical (unpaired) electrons. The fourth-order valence-electron chi connectivity index (χ4n) is 2.56. The van der Waals surface area contributed by atoms with Crippen molar-refractivity contribution in [1.82, 2.24) is 10.2 Å². The van der Waals surface area contributed by atoms with Crippen LogP contribution in [-0.2, 0) is 0 Å². The molecule has 0 aliphatic carbocycles. The number of hydrogen-bond donors (Lipinski definition) is 1. The Labute approximate surface area is 122 Å². The van der Waals surface area contributed by atoms with E-state index in [1.54, 1.807) is 7.11 Å². The van der Waals surface area contributed by atoms with Crippen molar-refractivity contribution >= 4 is 5.57 Å². The third-order valence-electron chi connectivity index (χ3n) is 3.87.